The predicted octanol–water partition coefficient (Wildman–Crippen LogP) is 2.25. The van der Waals surface area contributed by atoms with E-state index in [1.54, 1.807) is 12.1 Å². The second-order valence-electron chi connectivity index (χ2n) is 4.72. The number of carbonyl (C=O) groups excluding carboxylic acids is 1. The maximum absolute atomic E-state index is 11.8. The molecule has 1 aromatic carbocycles. The Bertz CT molecular complexity index is 459. The summed E-state index contributed by atoms with van der Waals surface area (Å²) < 4.78 is 4.82. The van der Waals surface area contributed by atoms with Gasteiger partial charge in [0, 0.05) is 25.8 Å². The second-order valence-corrected chi connectivity index (χ2v) is 4.72. The number of benzene rings is 1. The van der Waals surface area contributed by atoms with Gasteiger partial charge in [0.15, 0.2) is 0 Å². The number of urea groups is 1. The van der Waals surface area contributed by atoms with Crippen molar-refractivity contribution in [2.75, 3.05) is 19.0 Å². The average Bonchev–Trinajstić information content (AvgIpc) is 2.45. The maximum Gasteiger partial charge on any atom is 0.326 e. The Hall–Kier alpha value is -2.08. The molecule has 0 bridgehead atoms. The first-order valence-electron chi connectivity index (χ1n) is 6.95. The van der Waals surface area contributed by atoms with E-state index in [0.717, 1.165) is 12.8 Å². The molecule has 6 nitrogen and oxygen atoms in total. The van der Waals surface area contributed by atoms with E-state index in [9.17, 15) is 9.59 Å². The van der Waals surface area contributed by atoms with Crippen LogP contribution in [0.25, 0.3) is 0 Å². The Balaban J connectivity index is 2.52. The zero-order chi connectivity index (χ0) is 15.7. The third-order valence-corrected chi connectivity index (χ3v) is 2.96. The third kappa shape index (κ3) is 6.27. The highest BCUT2D eigenvalue weighted by molar-refractivity contribution is 5.92. The number of amides is 2. The SMILES string of the molecule is CCCc1ccc(NC(=O)NC(CCOC)C(=O)O)cc1. The van der Waals surface area contributed by atoms with Crippen LogP contribution in [0.5, 0.6) is 0 Å². The first kappa shape index (κ1) is 17.0. The van der Waals surface area contributed by atoms with Crippen molar-refractivity contribution in [1.29, 1.82) is 0 Å². The van der Waals surface area contributed by atoms with Gasteiger partial charge in [-0.2, -0.15) is 0 Å². The molecule has 0 aliphatic heterocycles. The average molecular weight is 294 g/mol. The topological polar surface area (TPSA) is 87.7 Å². The van der Waals surface area contributed by atoms with Crippen LogP contribution in [0.1, 0.15) is 25.3 Å². The van der Waals surface area contributed by atoms with Crippen molar-refractivity contribution < 1.29 is 19.4 Å². The molecule has 1 rings (SSSR count). The van der Waals surface area contributed by atoms with E-state index in [-0.39, 0.29) is 13.0 Å². The van der Waals surface area contributed by atoms with Crippen LogP contribution in [0.4, 0.5) is 10.5 Å². The molecule has 0 aliphatic rings. The van der Waals surface area contributed by atoms with Gasteiger partial charge in [0.2, 0.25) is 0 Å². The van der Waals surface area contributed by atoms with Crippen LogP contribution >= 0.6 is 0 Å². The summed E-state index contributed by atoms with van der Waals surface area (Å²) in [4.78, 5) is 22.8. The highest BCUT2D eigenvalue weighted by atomic mass is 16.5. The lowest BCUT2D eigenvalue weighted by atomic mass is 10.1. The zero-order valence-electron chi connectivity index (χ0n) is 12.4. The lowest BCUT2D eigenvalue weighted by Gasteiger charge is -2.14. The number of hydrogen-bond acceptors (Lipinski definition) is 3. The second kappa shape index (κ2) is 8.97. The van der Waals surface area contributed by atoms with Gasteiger partial charge in [0.05, 0.1) is 0 Å². The standard InChI is InChI=1S/C15H22N2O4/c1-3-4-11-5-7-12(8-6-11)16-15(20)17-13(14(18)19)9-10-21-2/h5-8,13H,3-4,9-10H2,1-2H3,(H,18,19)(H2,16,17,20). The molecule has 3 N–H and O–H groups in total. The van der Waals surface area contributed by atoms with Gasteiger partial charge in [-0.05, 0) is 24.1 Å². The highest BCUT2D eigenvalue weighted by Crippen LogP contribution is 2.11. The molecule has 116 valence electrons. The minimum Gasteiger partial charge on any atom is -0.480 e. The smallest absolute Gasteiger partial charge is 0.326 e. The molecular weight excluding hydrogens is 272 g/mol. The number of methoxy groups -OCH3 is 1. The van der Waals surface area contributed by atoms with Crippen molar-refractivity contribution in [3.8, 4) is 0 Å². The quantitative estimate of drug-likeness (QED) is 0.686. The summed E-state index contributed by atoms with van der Waals surface area (Å²) in [5, 5.41) is 14.0. The van der Waals surface area contributed by atoms with Crippen LogP contribution in [0.3, 0.4) is 0 Å². The predicted molar refractivity (Wildman–Crippen MR) is 80.5 cm³/mol. The number of aliphatic carboxylic acids is 1. The van der Waals surface area contributed by atoms with Crippen molar-refractivity contribution in [1.82, 2.24) is 5.32 Å². The number of nitrogens with one attached hydrogen (secondary N) is 2. The van der Waals surface area contributed by atoms with Crippen molar-refractivity contribution >= 4 is 17.7 Å². The third-order valence-electron chi connectivity index (χ3n) is 2.96. The Kier molecular flexibility index (Phi) is 7.25. The number of carbonyl (C=O) groups is 2. The van der Waals surface area contributed by atoms with Gasteiger partial charge in [-0.1, -0.05) is 25.5 Å². The number of anilines is 1. The maximum atomic E-state index is 11.8. The van der Waals surface area contributed by atoms with Crippen LogP contribution in [0.2, 0.25) is 0 Å². The number of carboxylic acids is 1. The monoisotopic (exact) mass is 294 g/mol. The highest BCUT2D eigenvalue weighted by Gasteiger charge is 2.19. The fraction of sp³-hybridized carbons (Fsp3) is 0.467. The summed E-state index contributed by atoms with van der Waals surface area (Å²) in [5.74, 6) is -1.08. The lowest BCUT2D eigenvalue weighted by Crippen LogP contribution is -2.43. The molecular formula is C15H22N2O4. The first-order chi connectivity index (χ1) is 10.1. The Morgan fingerprint density at radius 3 is 2.48 bits per heavy atom. The fourth-order valence-corrected chi connectivity index (χ4v) is 1.86. The van der Waals surface area contributed by atoms with Crippen LogP contribution in [0.15, 0.2) is 24.3 Å². The summed E-state index contributed by atoms with van der Waals surface area (Å²) in [6.07, 6.45) is 2.27. The minimum atomic E-state index is -1.08. The van der Waals surface area contributed by atoms with Gasteiger partial charge in [0.1, 0.15) is 6.04 Å². The van der Waals surface area contributed by atoms with Crippen molar-refractivity contribution in [2.45, 2.75) is 32.2 Å². The van der Waals surface area contributed by atoms with Gasteiger partial charge in [-0.25, -0.2) is 9.59 Å². The van der Waals surface area contributed by atoms with E-state index < -0.39 is 18.0 Å². The molecule has 0 fully saturated rings. The van der Waals surface area contributed by atoms with E-state index in [2.05, 4.69) is 17.6 Å². The number of hydrogen-bond donors (Lipinski definition) is 3. The zero-order valence-corrected chi connectivity index (χ0v) is 12.4. The summed E-state index contributed by atoms with van der Waals surface area (Å²) in [5.41, 5.74) is 1.83. The van der Waals surface area contributed by atoms with Crippen LogP contribution in [-0.2, 0) is 16.0 Å². The van der Waals surface area contributed by atoms with E-state index in [1.807, 2.05) is 12.1 Å². The molecule has 0 saturated heterocycles. The molecule has 2 amide bonds. The summed E-state index contributed by atoms with van der Waals surface area (Å²) >= 11 is 0. The molecule has 6 heteroatoms. The molecule has 0 aliphatic carbocycles. The molecule has 1 aromatic rings. The van der Waals surface area contributed by atoms with Gasteiger partial charge in [-0.15, -0.1) is 0 Å². The molecule has 0 heterocycles. The van der Waals surface area contributed by atoms with Crippen molar-refractivity contribution in [3.05, 3.63) is 29.8 Å². The van der Waals surface area contributed by atoms with Crippen LogP contribution in [-0.4, -0.2) is 36.9 Å². The normalized spacial score (nSPS) is 11.7. The Morgan fingerprint density at radius 1 is 1.29 bits per heavy atom. The number of rotatable bonds is 8. The van der Waals surface area contributed by atoms with E-state index in [1.165, 1.54) is 12.7 Å². The largest absolute Gasteiger partial charge is 0.480 e. The summed E-state index contributed by atoms with van der Waals surface area (Å²) in [6.45, 7) is 2.37. The molecule has 21 heavy (non-hydrogen) atoms. The van der Waals surface area contributed by atoms with E-state index in [0.29, 0.717) is 5.69 Å². The minimum absolute atomic E-state index is 0.217. The number of carboxylic acid groups (broad SMARTS) is 1. The molecule has 1 unspecified atom stereocenters. The molecule has 0 saturated carbocycles. The number of ether oxygens (including phenoxy) is 1. The lowest BCUT2D eigenvalue weighted by molar-refractivity contribution is -0.139. The molecule has 0 aromatic heterocycles. The summed E-state index contributed by atoms with van der Waals surface area (Å²) in [7, 11) is 1.48. The van der Waals surface area contributed by atoms with E-state index >= 15 is 0 Å². The molecule has 1 atom stereocenters. The van der Waals surface area contributed by atoms with Gasteiger partial charge < -0.3 is 20.5 Å². The van der Waals surface area contributed by atoms with Gasteiger partial charge in [-0.3, -0.25) is 0 Å². The van der Waals surface area contributed by atoms with Gasteiger partial charge >= 0.3 is 12.0 Å². The van der Waals surface area contributed by atoms with Crippen LogP contribution in [0, 0.1) is 0 Å². The molecule has 0 spiro atoms. The summed E-state index contributed by atoms with van der Waals surface area (Å²) in [6, 6.07) is 5.98. The Morgan fingerprint density at radius 2 is 1.95 bits per heavy atom. The van der Waals surface area contributed by atoms with E-state index in [4.69, 9.17) is 9.84 Å². The first-order valence-corrected chi connectivity index (χ1v) is 6.95. The Labute approximate surface area is 124 Å². The molecule has 0 radical (unpaired) electrons. The number of aryl methyl sites for hydroxylation is 1. The fourth-order valence-electron chi connectivity index (χ4n) is 1.86. The van der Waals surface area contributed by atoms with Crippen LogP contribution < -0.4 is 10.6 Å². The van der Waals surface area contributed by atoms with Crippen molar-refractivity contribution in [2.24, 2.45) is 0 Å². The van der Waals surface area contributed by atoms with Crippen molar-refractivity contribution in [3.63, 3.8) is 0 Å². The van der Waals surface area contributed by atoms with Gasteiger partial charge in [0.25, 0.3) is 0 Å².